The first-order chi connectivity index (χ1) is 12.3. The lowest BCUT2D eigenvalue weighted by Crippen LogP contribution is -2.24. The number of aliphatic hydroxyl groups excluding tert-OH is 1. The predicted molar refractivity (Wildman–Crippen MR) is 97.4 cm³/mol. The summed E-state index contributed by atoms with van der Waals surface area (Å²) in [7, 11) is -2.93. The third-order valence-corrected chi connectivity index (χ3v) is 4.71. The molecule has 2 atom stereocenters. The molecular formula is C16H33N2O7P. The maximum absolute atomic E-state index is 11.7. The number of aliphatic hydroxyl groups is 1. The molecule has 0 aromatic carbocycles. The van der Waals surface area contributed by atoms with E-state index in [9.17, 15) is 19.3 Å². The molecule has 0 saturated carbocycles. The van der Waals surface area contributed by atoms with Crippen molar-refractivity contribution in [2.24, 2.45) is 5.92 Å². The van der Waals surface area contributed by atoms with Gasteiger partial charge in [0.05, 0.1) is 6.61 Å². The van der Waals surface area contributed by atoms with Gasteiger partial charge >= 0.3 is 7.82 Å². The number of nitrogens with one attached hydrogen (secondary N) is 2. The first-order valence-electron chi connectivity index (χ1n) is 8.95. The van der Waals surface area contributed by atoms with E-state index in [-0.39, 0.29) is 30.9 Å². The Morgan fingerprint density at radius 2 is 1.73 bits per heavy atom. The van der Waals surface area contributed by atoms with Gasteiger partial charge in [0, 0.05) is 46.1 Å². The summed E-state index contributed by atoms with van der Waals surface area (Å²) in [5, 5.41) is 14.8. The lowest BCUT2D eigenvalue weighted by molar-refractivity contribution is -0.121. The third kappa shape index (κ3) is 15.3. The Hall–Kier alpha value is -0.990. The lowest BCUT2D eigenvalue weighted by atomic mass is 10.0. The molecule has 0 aromatic heterocycles. The fraction of sp³-hybridized carbons (Fsp3) is 0.875. The summed E-state index contributed by atoms with van der Waals surface area (Å²) in [5.74, 6) is -0.278. The SMILES string of the molecule is COP(=O)(O)OCC(CO)CCCCNC(=O)CCCCCNC(C)=O. The first kappa shape index (κ1) is 25.0. The molecule has 0 spiro atoms. The van der Waals surface area contributed by atoms with Gasteiger partial charge in [-0.15, -0.1) is 0 Å². The second-order valence-corrected chi connectivity index (χ2v) is 7.70. The molecule has 0 aliphatic rings. The van der Waals surface area contributed by atoms with Crippen LogP contribution in [-0.4, -0.2) is 55.2 Å². The fourth-order valence-electron chi connectivity index (χ4n) is 2.21. The minimum atomic E-state index is -4.01. The summed E-state index contributed by atoms with van der Waals surface area (Å²) in [5.41, 5.74) is 0. The topological polar surface area (TPSA) is 134 Å². The van der Waals surface area contributed by atoms with E-state index in [4.69, 9.17) is 9.42 Å². The minimum absolute atomic E-state index is 0.00730. The minimum Gasteiger partial charge on any atom is -0.396 e. The maximum Gasteiger partial charge on any atom is 0.471 e. The average Bonchev–Trinajstić information content (AvgIpc) is 2.60. The Morgan fingerprint density at radius 3 is 2.35 bits per heavy atom. The van der Waals surface area contributed by atoms with Gasteiger partial charge in [0.2, 0.25) is 11.8 Å². The van der Waals surface area contributed by atoms with Crippen molar-refractivity contribution in [2.45, 2.75) is 51.9 Å². The van der Waals surface area contributed by atoms with Crippen LogP contribution >= 0.6 is 7.82 Å². The van der Waals surface area contributed by atoms with E-state index in [1.165, 1.54) is 6.92 Å². The first-order valence-corrected chi connectivity index (χ1v) is 10.4. The summed E-state index contributed by atoms with van der Waals surface area (Å²) < 4.78 is 20.2. The average molecular weight is 396 g/mol. The number of carbonyl (C=O) groups is 2. The zero-order valence-electron chi connectivity index (χ0n) is 15.7. The molecule has 0 aliphatic heterocycles. The van der Waals surface area contributed by atoms with Crippen molar-refractivity contribution in [1.82, 2.24) is 10.6 Å². The van der Waals surface area contributed by atoms with Crippen molar-refractivity contribution < 1.29 is 33.2 Å². The van der Waals surface area contributed by atoms with E-state index >= 15 is 0 Å². The van der Waals surface area contributed by atoms with Crippen LogP contribution in [0, 0.1) is 5.92 Å². The molecular weight excluding hydrogens is 363 g/mol. The van der Waals surface area contributed by atoms with Crippen molar-refractivity contribution in [2.75, 3.05) is 33.4 Å². The normalized spacial score (nSPS) is 14.5. The van der Waals surface area contributed by atoms with Gasteiger partial charge < -0.3 is 20.6 Å². The Labute approximate surface area is 155 Å². The molecule has 26 heavy (non-hydrogen) atoms. The molecule has 0 saturated heterocycles. The number of phosphoric acid groups is 1. The Balaban J connectivity index is 3.61. The van der Waals surface area contributed by atoms with Crippen molar-refractivity contribution in [3.8, 4) is 0 Å². The van der Waals surface area contributed by atoms with Crippen LogP contribution in [0.1, 0.15) is 51.9 Å². The van der Waals surface area contributed by atoms with Gasteiger partial charge in [-0.1, -0.05) is 12.8 Å². The summed E-state index contributed by atoms with van der Waals surface area (Å²) >= 11 is 0. The molecule has 0 bridgehead atoms. The Kier molecular flexibility index (Phi) is 14.5. The van der Waals surface area contributed by atoms with Crippen LogP contribution in [-0.2, 0) is 23.2 Å². The van der Waals surface area contributed by atoms with Crippen LogP contribution in [0.3, 0.4) is 0 Å². The largest absolute Gasteiger partial charge is 0.471 e. The van der Waals surface area contributed by atoms with E-state index in [0.29, 0.717) is 25.9 Å². The second kappa shape index (κ2) is 15.1. The number of rotatable bonds is 16. The van der Waals surface area contributed by atoms with Crippen LogP contribution in [0.5, 0.6) is 0 Å². The molecule has 0 aromatic rings. The van der Waals surface area contributed by atoms with Crippen LogP contribution in [0.15, 0.2) is 0 Å². The number of phosphoric ester groups is 1. The van der Waals surface area contributed by atoms with Crippen LogP contribution < -0.4 is 10.6 Å². The van der Waals surface area contributed by atoms with E-state index in [1.54, 1.807) is 0 Å². The van der Waals surface area contributed by atoms with Crippen LogP contribution in [0.2, 0.25) is 0 Å². The van der Waals surface area contributed by atoms with Crippen molar-refractivity contribution in [3.63, 3.8) is 0 Å². The fourth-order valence-corrected chi connectivity index (χ4v) is 2.71. The quantitative estimate of drug-likeness (QED) is 0.228. The Morgan fingerprint density at radius 1 is 1.08 bits per heavy atom. The Bertz CT molecular complexity index is 448. The highest BCUT2D eigenvalue weighted by atomic mass is 31.2. The summed E-state index contributed by atoms with van der Waals surface area (Å²) in [4.78, 5) is 31.5. The highest BCUT2D eigenvalue weighted by molar-refractivity contribution is 7.47. The van der Waals surface area contributed by atoms with Crippen LogP contribution in [0.4, 0.5) is 0 Å². The molecule has 9 nitrogen and oxygen atoms in total. The number of hydrogen-bond acceptors (Lipinski definition) is 6. The lowest BCUT2D eigenvalue weighted by Gasteiger charge is -2.16. The highest BCUT2D eigenvalue weighted by Gasteiger charge is 2.20. The van der Waals surface area contributed by atoms with E-state index in [0.717, 1.165) is 39.2 Å². The molecule has 0 radical (unpaired) electrons. The van der Waals surface area contributed by atoms with E-state index in [1.807, 2.05) is 0 Å². The number of carbonyl (C=O) groups excluding carboxylic acids is 2. The zero-order chi connectivity index (χ0) is 19.8. The molecule has 10 heteroatoms. The van der Waals surface area contributed by atoms with Crippen molar-refractivity contribution >= 4 is 19.6 Å². The summed E-state index contributed by atoms with van der Waals surface area (Å²) in [6.07, 6.45) is 5.15. The van der Waals surface area contributed by atoms with Gasteiger partial charge in [0.1, 0.15) is 0 Å². The van der Waals surface area contributed by atoms with Crippen molar-refractivity contribution in [1.29, 1.82) is 0 Å². The van der Waals surface area contributed by atoms with Crippen molar-refractivity contribution in [3.05, 3.63) is 0 Å². The molecule has 0 fully saturated rings. The van der Waals surface area contributed by atoms with E-state index in [2.05, 4.69) is 15.2 Å². The summed E-state index contributed by atoms with van der Waals surface area (Å²) in [6.45, 7) is 2.48. The van der Waals surface area contributed by atoms with Gasteiger partial charge in [-0.05, 0) is 25.7 Å². The third-order valence-electron chi connectivity index (χ3n) is 3.78. The van der Waals surface area contributed by atoms with Crippen LogP contribution in [0.25, 0.3) is 0 Å². The van der Waals surface area contributed by atoms with Gasteiger partial charge in [-0.25, -0.2) is 4.57 Å². The number of unbranched alkanes of at least 4 members (excludes halogenated alkanes) is 3. The second-order valence-electron chi connectivity index (χ2n) is 6.13. The van der Waals surface area contributed by atoms with Gasteiger partial charge in [-0.2, -0.15) is 0 Å². The predicted octanol–water partition coefficient (Wildman–Crippen LogP) is 1.34. The monoisotopic (exact) mass is 396 g/mol. The molecule has 4 N–H and O–H groups in total. The zero-order valence-corrected chi connectivity index (χ0v) is 16.6. The molecule has 2 unspecified atom stereocenters. The smallest absolute Gasteiger partial charge is 0.396 e. The molecule has 154 valence electrons. The maximum atomic E-state index is 11.7. The molecule has 0 rings (SSSR count). The summed E-state index contributed by atoms with van der Waals surface area (Å²) in [6, 6.07) is 0. The molecule has 0 aliphatic carbocycles. The molecule has 2 amide bonds. The highest BCUT2D eigenvalue weighted by Crippen LogP contribution is 2.42. The van der Waals surface area contributed by atoms with Gasteiger partial charge in [0.15, 0.2) is 0 Å². The molecule has 0 heterocycles. The number of hydrogen-bond donors (Lipinski definition) is 4. The standard InChI is InChI=1S/C16H33N2O7P/c1-14(20)17-10-6-3-4-9-16(21)18-11-7-5-8-15(12-19)13-25-26(22,23)24-2/h15,19H,3-13H2,1-2H3,(H,17,20)(H,18,21)(H,22,23). The van der Waals surface area contributed by atoms with E-state index < -0.39 is 7.82 Å². The van der Waals surface area contributed by atoms with Gasteiger partial charge in [-0.3, -0.25) is 18.6 Å². The van der Waals surface area contributed by atoms with Gasteiger partial charge in [0.25, 0.3) is 0 Å². The number of amides is 2.